The molecule has 0 aliphatic carbocycles. The number of nitrogens with one attached hydrogen (secondary N) is 2. The van der Waals surface area contributed by atoms with Crippen molar-refractivity contribution < 1.29 is 4.74 Å². The van der Waals surface area contributed by atoms with Gasteiger partial charge in [0.1, 0.15) is 17.4 Å². The fourth-order valence-electron chi connectivity index (χ4n) is 2.23. The zero-order chi connectivity index (χ0) is 13.1. The van der Waals surface area contributed by atoms with Crippen molar-refractivity contribution in [3.63, 3.8) is 0 Å². The molecule has 1 aromatic heterocycles. The number of hydrogen-bond donors (Lipinski definition) is 2. The molecular weight excluding hydrogens is 240 g/mol. The minimum Gasteiger partial charge on any atom is -0.493 e. The molecule has 5 heteroatoms. The van der Waals surface area contributed by atoms with Crippen molar-refractivity contribution in [1.82, 2.24) is 9.97 Å². The number of benzene rings is 1. The summed E-state index contributed by atoms with van der Waals surface area (Å²) in [7, 11) is 1.83. The number of anilines is 2. The van der Waals surface area contributed by atoms with Crippen LogP contribution in [0.2, 0.25) is 0 Å². The summed E-state index contributed by atoms with van der Waals surface area (Å²) in [5.41, 5.74) is 1.17. The molecule has 2 aromatic rings. The third-order valence-electron chi connectivity index (χ3n) is 3.17. The van der Waals surface area contributed by atoms with Crippen LogP contribution in [0.25, 0.3) is 0 Å². The van der Waals surface area contributed by atoms with Crippen LogP contribution in [0.5, 0.6) is 5.75 Å². The summed E-state index contributed by atoms with van der Waals surface area (Å²) in [6, 6.07) is 8.31. The average Bonchev–Trinajstić information content (AvgIpc) is 2.48. The average molecular weight is 256 g/mol. The van der Waals surface area contributed by atoms with Crippen molar-refractivity contribution in [2.75, 3.05) is 24.3 Å². The quantitative estimate of drug-likeness (QED) is 0.883. The van der Waals surface area contributed by atoms with Gasteiger partial charge in [-0.25, -0.2) is 4.98 Å². The molecule has 1 unspecified atom stereocenters. The molecule has 0 saturated heterocycles. The van der Waals surface area contributed by atoms with Crippen LogP contribution < -0.4 is 15.4 Å². The number of nitrogens with zero attached hydrogens (tertiary/aromatic N) is 2. The maximum atomic E-state index is 5.65. The maximum Gasteiger partial charge on any atom is 0.147 e. The number of hydrogen-bond acceptors (Lipinski definition) is 5. The first-order valence-electron chi connectivity index (χ1n) is 6.35. The lowest BCUT2D eigenvalue weighted by Crippen LogP contribution is -2.20. The van der Waals surface area contributed by atoms with Gasteiger partial charge in [-0.1, -0.05) is 18.2 Å². The second-order valence-electron chi connectivity index (χ2n) is 4.41. The Hall–Kier alpha value is -2.30. The van der Waals surface area contributed by atoms with Crippen molar-refractivity contribution >= 4 is 11.6 Å². The van der Waals surface area contributed by atoms with Gasteiger partial charge in [-0.2, -0.15) is 0 Å². The molecule has 1 aliphatic heterocycles. The predicted octanol–water partition coefficient (Wildman–Crippen LogP) is 2.45. The third-order valence-corrected chi connectivity index (χ3v) is 3.17. The van der Waals surface area contributed by atoms with Crippen LogP contribution in [0.4, 0.5) is 11.6 Å². The van der Waals surface area contributed by atoms with Crippen molar-refractivity contribution in [2.24, 2.45) is 0 Å². The van der Waals surface area contributed by atoms with Gasteiger partial charge >= 0.3 is 0 Å². The van der Waals surface area contributed by atoms with E-state index in [1.54, 1.807) is 12.4 Å². The standard InChI is InChI=1S/C14H16N4O/c1-15-13-8-16-9-14(18-13)17-11-6-7-19-12-5-3-2-4-10(11)12/h2-5,8-9,11H,6-7H2,1H3,(H2,15,17,18). The van der Waals surface area contributed by atoms with Gasteiger partial charge < -0.3 is 15.4 Å². The number of ether oxygens (including phenoxy) is 1. The fourth-order valence-corrected chi connectivity index (χ4v) is 2.23. The van der Waals surface area contributed by atoms with E-state index >= 15 is 0 Å². The maximum absolute atomic E-state index is 5.65. The Morgan fingerprint density at radius 2 is 2.05 bits per heavy atom. The zero-order valence-electron chi connectivity index (χ0n) is 10.8. The summed E-state index contributed by atoms with van der Waals surface area (Å²) in [6.45, 7) is 0.716. The lowest BCUT2D eigenvalue weighted by molar-refractivity contribution is 0.274. The smallest absolute Gasteiger partial charge is 0.147 e. The molecular formula is C14H16N4O. The van der Waals surface area contributed by atoms with Gasteiger partial charge in [0.05, 0.1) is 25.0 Å². The molecule has 0 fully saturated rings. The molecule has 0 saturated carbocycles. The zero-order valence-corrected chi connectivity index (χ0v) is 10.8. The highest BCUT2D eigenvalue weighted by atomic mass is 16.5. The highest BCUT2D eigenvalue weighted by molar-refractivity contribution is 5.46. The number of fused-ring (bicyclic) bond motifs is 1. The summed E-state index contributed by atoms with van der Waals surface area (Å²) in [5.74, 6) is 2.47. The lowest BCUT2D eigenvalue weighted by atomic mass is 10.0. The molecule has 2 N–H and O–H groups in total. The van der Waals surface area contributed by atoms with Crippen LogP contribution in [-0.2, 0) is 0 Å². The van der Waals surface area contributed by atoms with E-state index in [2.05, 4.69) is 26.7 Å². The Balaban J connectivity index is 1.84. The molecule has 3 rings (SSSR count). The van der Waals surface area contributed by atoms with Gasteiger partial charge in [0.15, 0.2) is 0 Å². The molecule has 19 heavy (non-hydrogen) atoms. The van der Waals surface area contributed by atoms with Crippen molar-refractivity contribution in [1.29, 1.82) is 0 Å². The van der Waals surface area contributed by atoms with Crippen LogP contribution in [0.1, 0.15) is 18.0 Å². The first kappa shape index (κ1) is 11.8. The second-order valence-corrected chi connectivity index (χ2v) is 4.41. The van der Waals surface area contributed by atoms with Crippen molar-refractivity contribution in [3.05, 3.63) is 42.2 Å². The monoisotopic (exact) mass is 256 g/mol. The number of rotatable bonds is 3. The van der Waals surface area contributed by atoms with E-state index in [0.717, 1.165) is 23.8 Å². The Bertz CT molecular complexity index is 573. The van der Waals surface area contributed by atoms with Gasteiger partial charge in [0.25, 0.3) is 0 Å². The Labute approximate surface area is 112 Å². The van der Waals surface area contributed by atoms with Gasteiger partial charge in [0, 0.05) is 19.0 Å². The Morgan fingerprint density at radius 3 is 2.95 bits per heavy atom. The number of para-hydroxylation sites is 1. The third kappa shape index (κ3) is 2.45. The van der Waals surface area contributed by atoms with Crippen LogP contribution in [-0.4, -0.2) is 23.6 Å². The lowest BCUT2D eigenvalue weighted by Gasteiger charge is -2.26. The van der Waals surface area contributed by atoms with Crippen molar-refractivity contribution in [3.8, 4) is 5.75 Å². The Morgan fingerprint density at radius 1 is 1.21 bits per heavy atom. The summed E-state index contributed by atoms with van der Waals surface area (Å²) in [5, 5.41) is 6.40. The number of aromatic nitrogens is 2. The largest absolute Gasteiger partial charge is 0.493 e. The second kappa shape index (κ2) is 5.14. The van der Waals surface area contributed by atoms with Crippen LogP contribution in [0, 0.1) is 0 Å². The van der Waals surface area contributed by atoms with E-state index in [-0.39, 0.29) is 6.04 Å². The highest BCUT2D eigenvalue weighted by Crippen LogP contribution is 2.33. The Kier molecular flexibility index (Phi) is 3.18. The topological polar surface area (TPSA) is 59.1 Å². The minimum absolute atomic E-state index is 0.214. The molecule has 1 aromatic carbocycles. The molecule has 2 heterocycles. The van der Waals surface area contributed by atoms with E-state index in [1.807, 2.05) is 25.2 Å². The van der Waals surface area contributed by atoms with E-state index < -0.39 is 0 Å². The van der Waals surface area contributed by atoms with Gasteiger partial charge in [-0.3, -0.25) is 4.98 Å². The van der Waals surface area contributed by atoms with E-state index in [4.69, 9.17) is 4.74 Å². The van der Waals surface area contributed by atoms with Crippen molar-refractivity contribution in [2.45, 2.75) is 12.5 Å². The molecule has 0 radical (unpaired) electrons. The first-order chi connectivity index (χ1) is 9.36. The molecule has 98 valence electrons. The molecule has 0 bridgehead atoms. The SMILES string of the molecule is CNc1cncc(NC2CCOc3ccccc32)n1. The van der Waals surface area contributed by atoms with E-state index in [0.29, 0.717) is 6.61 Å². The molecule has 1 atom stereocenters. The molecule has 5 nitrogen and oxygen atoms in total. The van der Waals surface area contributed by atoms with Gasteiger partial charge in [-0.05, 0) is 6.07 Å². The van der Waals surface area contributed by atoms with Gasteiger partial charge in [-0.15, -0.1) is 0 Å². The summed E-state index contributed by atoms with van der Waals surface area (Å²) in [6.07, 6.45) is 4.35. The van der Waals surface area contributed by atoms with Crippen LogP contribution >= 0.6 is 0 Å². The van der Waals surface area contributed by atoms with E-state index in [1.165, 1.54) is 5.56 Å². The molecule has 1 aliphatic rings. The molecule has 0 amide bonds. The molecule has 0 spiro atoms. The fraction of sp³-hybridized carbons (Fsp3) is 0.286. The summed E-state index contributed by atoms with van der Waals surface area (Å²) >= 11 is 0. The van der Waals surface area contributed by atoms with Crippen LogP contribution in [0.3, 0.4) is 0 Å². The summed E-state index contributed by atoms with van der Waals surface area (Å²) in [4.78, 5) is 8.59. The minimum atomic E-state index is 0.214. The van der Waals surface area contributed by atoms with Gasteiger partial charge in [0.2, 0.25) is 0 Å². The first-order valence-corrected chi connectivity index (χ1v) is 6.35. The highest BCUT2D eigenvalue weighted by Gasteiger charge is 2.21. The van der Waals surface area contributed by atoms with E-state index in [9.17, 15) is 0 Å². The normalized spacial score (nSPS) is 17.2. The van der Waals surface area contributed by atoms with Crippen LogP contribution in [0.15, 0.2) is 36.7 Å². The summed E-state index contributed by atoms with van der Waals surface area (Å²) < 4.78 is 5.65. The predicted molar refractivity (Wildman–Crippen MR) is 74.5 cm³/mol.